The van der Waals surface area contributed by atoms with Crippen LogP contribution in [0.15, 0.2) is 0 Å². The third-order valence-electron chi connectivity index (χ3n) is 2.51. The quantitative estimate of drug-likeness (QED) is 0.711. The van der Waals surface area contributed by atoms with Crippen LogP contribution < -0.4 is 0 Å². The fraction of sp³-hybridized carbons (Fsp3) is 0.889. The molecule has 0 aliphatic carbocycles. The lowest BCUT2D eigenvalue weighted by molar-refractivity contribution is 0.0933. The number of nitrogens with zero attached hydrogens (tertiary/aromatic N) is 2. The van der Waals surface area contributed by atoms with Gasteiger partial charge in [0, 0.05) is 26.2 Å². The first-order chi connectivity index (χ1) is 8.01. The zero-order valence-corrected chi connectivity index (χ0v) is 10.6. The molecule has 1 rings (SSSR count). The summed E-state index contributed by atoms with van der Waals surface area (Å²) in [6.07, 6.45) is -0.410. The van der Waals surface area contributed by atoms with Crippen molar-refractivity contribution in [3.05, 3.63) is 0 Å². The van der Waals surface area contributed by atoms with E-state index in [0.717, 1.165) is 0 Å². The Morgan fingerprint density at radius 2 is 1.88 bits per heavy atom. The van der Waals surface area contributed by atoms with E-state index in [4.69, 9.17) is 9.84 Å². The van der Waals surface area contributed by atoms with Crippen molar-refractivity contribution in [1.82, 2.24) is 9.21 Å². The summed E-state index contributed by atoms with van der Waals surface area (Å²) in [4.78, 5) is 12.9. The summed E-state index contributed by atoms with van der Waals surface area (Å²) in [6, 6.07) is 0. The highest BCUT2D eigenvalue weighted by atomic mass is 32.2. The maximum absolute atomic E-state index is 11.6. The minimum absolute atomic E-state index is 0.251. The Kier molecular flexibility index (Phi) is 5.16. The van der Waals surface area contributed by atoms with Crippen LogP contribution in [-0.4, -0.2) is 74.0 Å². The van der Waals surface area contributed by atoms with Crippen LogP contribution in [0, 0.1) is 0 Å². The molecule has 0 aromatic heterocycles. The van der Waals surface area contributed by atoms with E-state index in [2.05, 4.69) is 0 Å². The Balaban J connectivity index is 2.48. The van der Waals surface area contributed by atoms with Crippen molar-refractivity contribution in [2.75, 3.05) is 45.1 Å². The first-order valence-electron chi connectivity index (χ1n) is 5.51. The van der Waals surface area contributed by atoms with Gasteiger partial charge < -0.3 is 14.7 Å². The number of carbonyl (C=O) groups excluding carboxylic acids is 1. The van der Waals surface area contributed by atoms with Gasteiger partial charge >= 0.3 is 6.09 Å². The number of aliphatic hydroxyl groups excluding tert-OH is 1. The predicted molar refractivity (Wildman–Crippen MR) is 61.0 cm³/mol. The highest BCUT2D eigenvalue weighted by Gasteiger charge is 2.28. The number of ether oxygens (including phenoxy) is 1. The Morgan fingerprint density at radius 1 is 1.29 bits per heavy atom. The van der Waals surface area contributed by atoms with E-state index < -0.39 is 16.1 Å². The number of sulfonamides is 1. The molecule has 0 radical (unpaired) electrons. The first kappa shape index (κ1) is 14.2. The minimum atomic E-state index is -3.39. The number of hydrogen-bond acceptors (Lipinski definition) is 5. The van der Waals surface area contributed by atoms with Crippen molar-refractivity contribution in [3.63, 3.8) is 0 Å². The van der Waals surface area contributed by atoms with Crippen LogP contribution in [0.1, 0.15) is 6.92 Å². The van der Waals surface area contributed by atoms with E-state index in [0.29, 0.717) is 19.7 Å². The van der Waals surface area contributed by atoms with Gasteiger partial charge in [-0.1, -0.05) is 0 Å². The molecule has 1 aliphatic heterocycles. The van der Waals surface area contributed by atoms with Crippen LogP contribution in [0.2, 0.25) is 0 Å². The molecule has 1 fully saturated rings. The molecule has 1 aliphatic rings. The first-order valence-corrected chi connectivity index (χ1v) is 7.12. The second kappa shape index (κ2) is 6.18. The van der Waals surface area contributed by atoms with E-state index in [9.17, 15) is 13.2 Å². The summed E-state index contributed by atoms with van der Waals surface area (Å²) < 4.78 is 29.4. The fourth-order valence-electron chi connectivity index (χ4n) is 1.61. The van der Waals surface area contributed by atoms with Crippen LogP contribution in [0.25, 0.3) is 0 Å². The summed E-state index contributed by atoms with van der Waals surface area (Å²) in [6.45, 7) is 2.79. The van der Waals surface area contributed by atoms with Gasteiger partial charge in [-0.2, -0.15) is 4.31 Å². The predicted octanol–water partition coefficient (Wildman–Crippen LogP) is -0.917. The summed E-state index contributed by atoms with van der Waals surface area (Å²) in [5.74, 6) is -0.271. The lowest BCUT2D eigenvalue weighted by Crippen LogP contribution is -2.51. The van der Waals surface area contributed by atoms with Crippen LogP contribution in [0.3, 0.4) is 0 Å². The molecule has 17 heavy (non-hydrogen) atoms. The monoisotopic (exact) mass is 266 g/mol. The van der Waals surface area contributed by atoms with Gasteiger partial charge in [0.1, 0.15) is 0 Å². The van der Waals surface area contributed by atoms with E-state index in [1.807, 2.05) is 0 Å². The van der Waals surface area contributed by atoms with Crippen LogP contribution >= 0.6 is 0 Å². The molecule has 1 N–H and O–H groups in total. The smallest absolute Gasteiger partial charge is 0.409 e. The molecule has 8 heteroatoms. The molecule has 0 saturated carbocycles. The molecule has 0 atom stereocenters. The Morgan fingerprint density at radius 3 is 2.35 bits per heavy atom. The van der Waals surface area contributed by atoms with Crippen LogP contribution in [-0.2, 0) is 14.8 Å². The summed E-state index contributed by atoms with van der Waals surface area (Å²) in [7, 11) is -3.39. The normalized spacial score (nSPS) is 18.1. The lowest BCUT2D eigenvalue weighted by atomic mass is 10.4. The second-order valence-electron chi connectivity index (χ2n) is 3.62. The summed E-state index contributed by atoms with van der Waals surface area (Å²) in [5, 5.41) is 8.65. The summed E-state index contributed by atoms with van der Waals surface area (Å²) >= 11 is 0. The molecular weight excluding hydrogens is 248 g/mol. The molecule has 0 unspecified atom stereocenters. The second-order valence-corrected chi connectivity index (χ2v) is 5.71. The van der Waals surface area contributed by atoms with Gasteiger partial charge in [0.2, 0.25) is 10.0 Å². The van der Waals surface area contributed by atoms with Crippen molar-refractivity contribution in [2.24, 2.45) is 0 Å². The summed E-state index contributed by atoms with van der Waals surface area (Å²) in [5.41, 5.74) is 0. The van der Waals surface area contributed by atoms with Gasteiger partial charge in [0.25, 0.3) is 0 Å². The maximum atomic E-state index is 11.6. The SMILES string of the molecule is CCOC(=O)N1CCN(S(=O)(=O)CCO)CC1. The van der Waals surface area contributed by atoms with Gasteiger partial charge in [0.05, 0.1) is 19.0 Å². The van der Waals surface area contributed by atoms with Gasteiger partial charge in [0.15, 0.2) is 0 Å². The molecule has 0 aromatic carbocycles. The third kappa shape index (κ3) is 3.83. The number of carbonyl (C=O) groups is 1. The Bertz CT molecular complexity index is 348. The topological polar surface area (TPSA) is 87.2 Å². The van der Waals surface area contributed by atoms with E-state index in [1.165, 1.54) is 9.21 Å². The number of amides is 1. The van der Waals surface area contributed by atoms with Crippen molar-refractivity contribution < 1.29 is 23.1 Å². The van der Waals surface area contributed by atoms with E-state index in [1.54, 1.807) is 6.92 Å². The molecule has 7 nitrogen and oxygen atoms in total. The van der Waals surface area contributed by atoms with Crippen molar-refractivity contribution in [2.45, 2.75) is 6.92 Å². The van der Waals surface area contributed by atoms with Crippen molar-refractivity contribution >= 4 is 16.1 Å². The van der Waals surface area contributed by atoms with E-state index in [-0.39, 0.29) is 25.4 Å². The maximum Gasteiger partial charge on any atom is 0.409 e. The average molecular weight is 266 g/mol. The van der Waals surface area contributed by atoms with Gasteiger partial charge in [-0.05, 0) is 6.92 Å². The molecule has 0 bridgehead atoms. The molecule has 1 heterocycles. The fourth-order valence-corrected chi connectivity index (χ4v) is 2.82. The van der Waals surface area contributed by atoms with Gasteiger partial charge in [-0.25, -0.2) is 13.2 Å². The average Bonchev–Trinajstić information content (AvgIpc) is 2.29. The van der Waals surface area contributed by atoms with Crippen LogP contribution in [0.4, 0.5) is 4.79 Å². The number of rotatable bonds is 4. The number of hydrogen-bond donors (Lipinski definition) is 1. The van der Waals surface area contributed by atoms with Crippen molar-refractivity contribution in [3.8, 4) is 0 Å². The lowest BCUT2D eigenvalue weighted by Gasteiger charge is -2.33. The molecule has 1 saturated heterocycles. The highest BCUT2D eigenvalue weighted by Crippen LogP contribution is 2.08. The van der Waals surface area contributed by atoms with E-state index >= 15 is 0 Å². The van der Waals surface area contributed by atoms with Crippen molar-refractivity contribution in [1.29, 1.82) is 0 Å². The molecule has 0 spiro atoms. The van der Waals surface area contributed by atoms with Gasteiger partial charge in [-0.15, -0.1) is 0 Å². The Hall–Kier alpha value is -0.860. The zero-order valence-electron chi connectivity index (χ0n) is 9.83. The van der Waals surface area contributed by atoms with Gasteiger partial charge in [-0.3, -0.25) is 0 Å². The molecular formula is C9H18N2O5S. The molecule has 0 aromatic rings. The third-order valence-corrected chi connectivity index (χ3v) is 4.36. The molecule has 100 valence electrons. The molecule has 1 amide bonds. The Labute approximate surface area is 101 Å². The minimum Gasteiger partial charge on any atom is -0.450 e. The van der Waals surface area contributed by atoms with Crippen LogP contribution in [0.5, 0.6) is 0 Å². The standard InChI is InChI=1S/C9H18N2O5S/c1-2-16-9(13)10-3-5-11(6-4-10)17(14,15)8-7-12/h12H,2-8H2,1H3. The highest BCUT2D eigenvalue weighted by molar-refractivity contribution is 7.89. The largest absolute Gasteiger partial charge is 0.450 e. The number of aliphatic hydroxyl groups is 1. The number of piperazine rings is 1. The zero-order chi connectivity index (χ0) is 12.9.